The van der Waals surface area contributed by atoms with E-state index in [0.717, 1.165) is 19.4 Å². The molecule has 0 spiro atoms. The Kier molecular flexibility index (Phi) is 9.19. The SMILES string of the molecule is CSC(C)CCNC(=O)CCCCO. The van der Waals surface area contributed by atoms with Gasteiger partial charge in [0, 0.05) is 24.8 Å². The van der Waals surface area contributed by atoms with Crippen LogP contribution in [0.3, 0.4) is 0 Å². The van der Waals surface area contributed by atoms with Crippen LogP contribution in [0.25, 0.3) is 0 Å². The van der Waals surface area contributed by atoms with E-state index in [1.165, 1.54) is 0 Å². The minimum atomic E-state index is 0.103. The Morgan fingerprint density at radius 1 is 1.50 bits per heavy atom. The highest BCUT2D eigenvalue weighted by Gasteiger charge is 2.02. The third-order valence-electron chi connectivity index (χ3n) is 2.09. The molecule has 0 aliphatic carbocycles. The fourth-order valence-electron chi connectivity index (χ4n) is 1.02. The van der Waals surface area contributed by atoms with Crippen molar-refractivity contribution in [3.8, 4) is 0 Å². The third kappa shape index (κ3) is 8.38. The van der Waals surface area contributed by atoms with E-state index in [1.54, 1.807) is 0 Å². The van der Waals surface area contributed by atoms with Crippen molar-refractivity contribution in [2.75, 3.05) is 19.4 Å². The predicted octanol–water partition coefficient (Wildman–Crippen LogP) is 1.41. The second kappa shape index (κ2) is 9.34. The number of carbonyl (C=O) groups excluding carboxylic acids is 1. The quantitative estimate of drug-likeness (QED) is 0.607. The van der Waals surface area contributed by atoms with Crippen molar-refractivity contribution in [1.29, 1.82) is 0 Å². The van der Waals surface area contributed by atoms with E-state index in [1.807, 2.05) is 11.8 Å². The highest BCUT2D eigenvalue weighted by molar-refractivity contribution is 7.99. The van der Waals surface area contributed by atoms with Crippen LogP contribution in [0.1, 0.15) is 32.6 Å². The first kappa shape index (κ1) is 13.8. The summed E-state index contributed by atoms with van der Waals surface area (Å²) in [6.45, 7) is 3.10. The highest BCUT2D eigenvalue weighted by Crippen LogP contribution is 2.07. The molecule has 0 aliphatic rings. The summed E-state index contributed by atoms with van der Waals surface area (Å²) in [7, 11) is 0. The van der Waals surface area contributed by atoms with Crippen molar-refractivity contribution in [2.45, 2.75) is 37.9 Å². The van der Waals surface area contributed by atoms with Gasteiger partial charge in [-0.05, 0) is 25.5 Å². The van der Waals surface area contributed by atoms with E-state index in [9.17, 15) is 4.79 Å². The molecule has 0 saturated carbocycles. The van der Waals surface area contributed by atoms with E-state index < -0.39 is 0 Å². The minimum absolute atomic E-state index is 0.103. The zero-order valence-electron chi connectivity index (χ0n) is 9.08. The molecule has 3 nitrogen and oxygen atoms in total. The van der Waals surface area contributed by atoms with E-state index in [2.05, 4.69) is 18.5 Å². The molecule has 1 atom stereocenters. The van der Waals surface area contributed by atoms with Gasteiger partial charge in [0.05, 0.1) is 0 Å². The summed E-state index contributed by atoms with van der Waals surface area (Å²) in [6.07, 6.45) is 5.13. The lowest BCUT2D eigenvalue weighted by Crippen LogP contribution is -2.25. The molecule has 0 aromatic rings. The average molecular weight is 219 g/mol. The van der Waals surface area contributed by atoms with Gasteiger partial charge in [0.15, 0.2) is 0 Å². The van der Waals surface area contributed by atoms with Crippen LogP contribution >= 0.6 is 11.8 Å². The smallest absolute Gasteiger partial charge is 0.219 e. The summed E-state index contributed by atoms with van der Waals surface area (Å²) >= 11 is 1.81. The van der Waals surface area contributed by atoms with Crippen LogP contribution in [0.5, 0.6) is 0 Å². The van der Waals surface area contributed by atoms with E-state index in [4.69, 9.17) is 5.11 Å². The number of aliphatic hydroxyl groups excluding tert-OH is 1. The molecule has 1 unspecified atom stereocenters. The molecular weight excluding hydrogens is 198 g/mol. The van der Waals surface area contributed by atoms with Crippen molar-refractivity contribution in [2.24, 2.45) is 0 Å². The van der Waals surface area contributed by atoms with Crippen molar-refractivity contribution in [3.05, 3.63) is 0 Å². The second-order valence-corrected chi connectivity index (χ2v) is 4.64. The molecule has 0 fully saturated rings. The number of hydrogen-bond acceptors (Lipinski definition) is 3. The van der Waals surface area contributed by atoms with Crippen LogP contribution in [0, 0.1) is 0 Å². The molecule has 2 N–H and O–H groups in total. The monoisotopic (exact) mass is 219 g/mol. The number of amides is 1. The van der Waals surface area contributed by atoms with E-state index >= 15 is 0 Å². The van der Waals surface area contributed by atoms with Gasteiger partial charge in [-0.1, -0.05) is 6.92 Å². The maximum atomic E-state index is 11.2. The molecule has 1 amide bonds. The fourth-order valence-corrected chi connectivity index (χ4v) is 1.37. The van der Waals surface area contributed by atoms with Gasteiger partial charge in [0.1, 0.15) is 0 Å². The number of unbranched alkanes of at least 4 members (excludes halogenated alkanes) is 1. The molecule has 0 saturated heterocycles. The lowest BCUT2D eigenvalue weighted by Gasteiger charge is -2.08. The van der Waals surface area contributed by atoms with Crippen LogP contribution in [0.4, 0.5) is 0 Å². The van der Waals surface area contributed by atoms with Gasteiger partial charge in [0.2, 0.25) is 5.91 Å². The van der Waals surface area contributed by atoms with Crippen molar-refractivity contribution < 1.29 is 9.90 Å². The third-order valence-corrected chi connectivity index (χ3v) is 3.13. The normalized spacial score (nSPS) is 12.5. The Balaban J connectivity index is 3.26. The van der Waals surface area contributed by atoms with Gasteiger partial charge in [-0.25, -0.2) is 0 Å². The maximum absolute atomic E-state index is 11.2. The number of carbonyl (C=O) groups is 1. The fraction of sp³-hybridized carbons (Fsp3) is 0.900. The molecular formula is C10H21NO2S. The highest BCUT2D eigenvalue weighted by atomic mass is 32.2. The molecule has 0 radical (unpaired) electrons. The minimum Gasteiger partial charge on any atom is -0.396 e. The van der Waals surface area contributed by atoms with Crippen LogP contribution in [0.15, 0.2) is 0 Å². The lowest BCUT2D eigenvalue weighted by molar-refractivity contribution is -0.121. The summed E-state index contributed by atoms with van der Waals surface area (Å²) in [4.78, 5) is 11.2. The number of thioether (sulfide) groups is 1. The van der Waals surface area contributed by atoms with Gasteiger partial charge in [-0.2, -0.15) is 11.8 Å². The molecule has 0 heterocycles. The van der Waals surface area contributed by atoms with Crippen LogP contribution < -0.4 is 5.32 Å². The molecule has 0 aromatic heterocycles. The number of aliphatic hydroxyl groups is 1. The molecule has 14 heavy (non-hydrogen) atoms. The maximum Gasteiger partial charge on any atom is 0.219 e. The van der Waals surface area contributed by atoms with Gasteiger partial charge in [0.25, 0.3) is 0 Å². The topological polar surface area (TPSA) is 49.3 Å². The summed E-state index contributed by atoms with van der Waals surface area (Å²) in [5.74, 6) is 0.103. The number of rotatable bonds is 8. The molecule has 0 aliphatic heterocycles. The summed E-state index contributed by atoms with van der Waals surface area (Å²) in [6, 6.07) is 0. The first-order valence-corrected chi connectivity index (χ1v) is 6.39. The Morgan fingerprint density at radius 3 is 2.79 bits per heavy atom. The van der Waals surface area contributed by atoms with E-state index in [0.29, 0.717) is 18.1 Å². The summed E-state index contributed by atoms with van der Waals surface area (Å²) in [5, 5.41) is 12.0. The second-order valence-electron chi connectivity index (χ2n) is 3.37. The Labute approximate surface area is 90.7 Å². The van der Waals surface area contributed by atoms with Crippen LogP contribution in [-0.4, -0.2) is 35.7 Å². The van der Waals surface area contributed by atoms with Gasteiger partial charge in [-0.15, -0.1) is 0 Å². The molecule has 0 rings (SSSR count). The molecule has 0 bridgehead atoms. The number of hydrogen-bond donors (Lipinski definition) is 2. The standard InChI is InChI=1S/C10H21NO2S/c1-9(14-2)6-7-11-10(13)5-3-4-8-12/h9,12H,3-8H2,1-2H3,(H,11,13). The predicted molar refractivity (Wildman–Crippen MR) is 61.5 cm³/mol. The summed E-state index contributed by atoms with van der Waals surface area (Å²) < 4.78 is 0. The van der Waals surface area contributed by atoms with Crippen LogP contribution in [0.2, 0.25) is 0 Å². The Hall–Kier alpha value is -0.220. The van der Waals surface area contributed by atoms with Gasteiger partial charge >= 0.3 is 0 Å². The van der Waals surface area contributed by atoms with Crippen molar-refractivity contribution in [3.63, 3.8) is 0 Å². The van der Waals surface area contributed by atoms with Gasteiger partial charge < -0.3 is 10.4 Å². The summed E-state index contributed by atoms with van der Waals surface area (Å²) in [5.41, 5.74) is 0. The van der Waals surface area contributed by atoms with E-state index in [-0.39, 0.29) is 12.5 Å². The number of nitrogens with one attached hydrogen (secondary N) is 1. The zero-order valence-corrected chi connectivity index (χ0v) is 9.90. The molecule has 0 aromatic carbocycles. The van der Waals surface area contributed by atoms with Crippen molar-refractivity contribution in [1.82, 2.24) is 5.32 Å². The van der Waals surface area contributed by atoms with Gasteiger partial charge in [-0.3, -0.25) is 4.79 Å². The first-order chi connectivity index (χ1) is 6.70. The molecule has 4 heteroatoms. The largest absolute Gasteiger partial charge is 0.396 e. The Morgan fingerprint density at radius 2 is 2.21 bits per heavy atom. The van der Waals surface area contributed by atoms with Crippen molar-refractivity contribution >= 4 is 17.7 Å². The lowest BCUT2D eigenvalue weighted by atomic mass is 10.2. The Bertz CT molecular complexity index is 153. The molecule has 84 valence electrons. The zero-order chi connectivity index (χ0) is 10.8. The van der Waals surface area contributed by atoms with Crippen LogP contribution in [-0.2, 0) is 4.79 Å². The average Bonchev–Trinajstić information content (AvgIpc) is 2.18. The first-order valence-electron chi connectivity index (χ1n) is 5.11.